The number of hydrogen-bond donors (Lipinski definition) is 0. The van der Waals surface area contributed by atoms with Crippen molar-refractivity contribution in [2.24, 2.45) is 0 Å². The van der Waals surface area contributed by atoms with E-state index in [2.05, 4.69) is 33.9 Å². The van der Waals surface area contributed by atoms with Crippen molar-refractivity contribution in [3.63, 3.8) is 0 Å². The first-order valence-electron chi connectivity index (χ1n) is 7.75. The third-order valence-electron chi connectivity index (χ3n) is 5.13. The van der Waals surface area contributed by atoms with Crippen molar-refractivity contribution in [1.82, 2.24) is 0 Å². The summed E-state index contributed by atoms with van der Waals surface area (Å²) in [4.78, 5) is 11.4. The Hall–Kier alpha value is -0.613. The third-order valence-corrected chi connectivity index (χ3v) is 9.66. The smallest absolute Gasteiger partial charge is 0.331 e. The van der Waals surface area contributed by atoms with Crippen molar-refractivity contribution in [3.05, 3.63) is 12.2 Å². The number of carbonyl (C=O) groups excluding carboxylic acids is 1. The van der Waals surface area contributed by atoms with Gasteiger partial charge in [-0.1, -0.05) is 40.0 Å². The van der Waals surface area contributed by atoms with E-state index < -0.39 is 8.32 Å². The molecule has 0 N–H and O–H groups in total. The molecule has 0 aromatic carbocycles. The lowest BCUT2D eigenvalue weighted by molar-refractivity contribution is -0.151. The minimum absolute atomic E-state index is 0.170. The van der Waals surface area contributed by atoms with Crippen molar-refractivity contribution < 1.29 is 14.0 Å². The van der Waals surface area contributed by atoms with Crippen LogP contribution in [0, 0.1) is 0 Å². The molecule has 0 saturated heterocycles. The Balaban J connectivity index is 2.24. The van der Waals surface area contributed by atoms with Gasteiger partial charge >= 0.3 is 5.97 Å². The fourth-order valence-corrected chi connectivity index (χ4v) is 4.55. The first-order valence-corrected chi connectivity index (χ1v) is 10.7. The highest BCUT2D eigenvalue weighted by Gasteiger charge is 2.50. The molecular formula is C16H28O3Si. The fraction of sp³-hybridized carbons (Fsp3) is 0.812. The zero-order chi connectivity index (χ0) is 15.0. The first-order chi connectivity index (χ1) is 9.16. The van der Waals surface area contributed by atoms with Crippen molar-refractivity contribution in [3.8, 4) is 0 Å². The Labute approximate surface area is 123 Å². The van der Waals surface area contributed by atoms with Crippen LogP contribution in [0.5, 0.6) is 0 Å². The zero-order valence-electron chi connectivity index (χ0n) is 13.5. The van der Waals surface area contributed by atoms with E-state index in [9.17, 15) is 4.79 Å². The molecule has 114 valence electrons. The molecule has 1 atom stereocenters. The van der Waals surface area contributed by atoms with E-state index in [1.54, 1.807) is 6.08 Å². The average Bonchev–Trinajstić information content (AvgIpc) is 2.75. The molecule has 0 aromatic heterocycles. The molecule has 1 unspecified atom stereocenters. The van der Waals surface area contributed by atoms with Gasteiger partial charge in [0.05, 0.1) is 5.60 Å². The summed E-state index contributed by atoms with van der Waals surface area (Å²) in [5.41, 5.74) is -0.288. The van der Waals surface area contributed by atoms with Gasteiger partial charge in [0.25, 0.3) is 0 Å². The summed E-state index contributed by atoms with van der Waals surface area (Å²) >= 11 is 0. The summed E-state index contributed by atoms with van der Waals surface area (Å²) in [6.07, 6.45) is 8.85. The van der Waals surface area contributed by atoms with Crippen LogP contribution in [-0.4, -0.2) is 26.0 Å². The van der Waals surface area contributed by atoms with Crippen LogP contribution in [0.1, 0.15) is 52.9 Å². The number of hydrogen-bond acceptors (Lipinski definition) is 3. The zero-order valence-corrected chi connectivity index (χ0v) is 14.5. The van der Waals surface area contributed by atoms with Crippen LogP contribution in [0.3, 0.4) is 0 Å². The summed E-state index contributed by atoms with van der Waals surface area (Å²) in [6.45, 7) is 11.3. The van der Waals surface area contributed by atoms with Gasteiger partial charge in [0, 0.05) is 6.08 Å². The lowest BCUT2D eigenvalue weighted by atomic mass is 9.81. The summed E-state index contributed by atoms with van der Waals surface area (Å²) in [6, 6.07) is 0. The van der Waals surface area contributed by atoms with Crippen molar-refractivity contribution >= 4 is 14.3 Å². The Morgan fingerprint density at radius 2 is 1.85 bits per heavy atom. The summed E-state index contributed by atoms with van der Waals surface area (Å²) in [5.74, 6) is -0.223. The van der Waals surface area contributed by atoms with Crippen LogP contribution in [0.2, 0.25) is 18.1 Å². The van der Waals surface area contributed by atoms with Gasteiger partial charge in [0.2, 0.25) is 0 Å². The molecule has 4 heteroatoms. The normalized spacial score (nSPS) is 26.6. The molecule has 0 amide bonds. The molecule has 0 aromatic rings. The van der Waals surface area contributed by atoms with E-state index in [1.165, 1.54) is 6.42 Å². The molecule has 1 aliphatic heterocycles. The summed E-state index contributed by atoms with van der Waals surface area (Å²) in [7, 11) is -1.88. The average molecular weight is 296 g/mol. The van der Waals surface area contributed by atoms with E-state index in [0.717, 1.165) is 25.7 Å². The molecule has 0 radical (unpaired) electrons. The predicted molar refractivity (Wildman–Crippen MR) is 83.1 cm³/mol. The van der Waals surface area contributed by atoms with Crippen molar-refractivity contribution in [1.29, 1.82) is 0 Å². The van der Waals surface area contributed by atoms with Crippen LogP contribution in [0.4, 0.5) is 0 Å². The second-order valence-corrected chi connectivity index (χ2v) is 12.4. The van der Waals surface area contributed by atoms with E-state index in [4.69, 9.17) is 9.16 Å². The maximum absolute atomic E-state index is 11.4. The van der Waals surface area contributed by atoms with Gasteiger partial charge in [-0.3, -0.25) is 0 Å². The van der Waals surface area contributed by atoms with Crippen molar-refractivity contribution in [2.75, 3.05) is 0 Å². The monoisotopic (exact) mass is 296 g/mol. The molecule has 1 saturated carbocycles. The number of ether oxygens (including phenoxy) is 1. The Bertz CT molecular complexity index is 400. The minimum atomic E-state index is -1.88. The number of rotatable bonds is 3. The molecular weight excluding hydrogens is 268 g/mol. The maximum atomic E-state index is 11.4. The fourth-order valence-electron chi connectivity index (χ4n) is 2.91. The first kappa shape index (κ1) is 15.8. The molecule has 2 rings (SSSR count). The van der Waals surface area contributed by atoms with Gasteiger partial charge in [-0.25, -0.2) is 4.79 Å². The van der Waals surface area contributed by atoms with Gasteiger partial charge < -0.3 is 9.16 Å². The summed E-state index contributed by atoms with van der Waals surface area (Å²) < 4.78 is 12.3. The third kappa shape index (κ3) is 3.01. The molecule has 0 spiro atoms. The minimum Gasteiger partial charge on any atom is -0.452 e. The predicted octanol–water partition coefficient (Wildman–Crippen LogP) is 4.19. The topological polar surface area (TPSA) is 35.5 Å². The second kappa shape index (κ2) is 5.30. The van der Waals surface area contributed by atoms with Gasteiger partial charge in [-0.15, -0.1) is 0 Å². The van der Waals surface area contributed by atoms with Gasteiger partial charge in [0.1, 0.15) is 6.10 Å². The SMILES string of the molecule is CC(C)(C)[Si](C)(C)OC1(C2C=CC(=O)O2)CCCCC1. The number of cyclic esters (lactones) is 1. The molecule has 0 bridgehead atoms. The van der Waals surface area contributed by atoms with E-state index in [-0.39, 0.29) is 22.7 Å². The largest absolute Gasteiger partial charge is 0.452 e. The molecule has 1 aliphatic carbocycles. The van der Waals surface area contributed by atoms with Gasteiger partial charge in [-0.05, 0) is 37.0 Å². The quantitative estimate of drug-likeness (QED) is 0.578. The maximum Gasteiger partial charge on any atom is 0.331 e. The van der Waals surface area contributed by atoms with E-state index in [1.807, 2.05) is 6.08 Å². The highest BCUT2D eigenvalue weighted by molar-refractivity contribution is 6.74. The van der Waals surface area contributed by atoms with Crippen LogP contribution in [0.15, 0.2) is 12.2 Å². The number of esters is 1. The van der Waals surface area contributed by atoms with E-state index >= 15 is 0 Å². The second-order valence-electron chi connectivity index (χ2n) is 7.70. The highest BCUT2D eigenvalue weighted by Crippen LogP contribution is 2.45. The molecule has 2 aliphatic rings. The summed E-state index contributed by atoms with van der Waals surface area (Å²) in [5, 5.41) is 0.170. The van der Waals surface area contributed by atoms with Crippen LogP contribution >= 0.6 is 0 Å². The molecule has 3 nitrogen and oxygen atoms in total. The van der Waals surface area contributed by atoms with Crippen LogP contribution in [-0.2, 0) is 14.0 Å². The Kier molecular flexibility index (Phi) is 4.18. The lowest BCUT2D eigenvalue weighted by Crippen LogP contribution is -2.55. The van der Waals surface area contributed by atoms with Gasteiger partial charge in [-0.2, -0.15) is 0 Å². The van der Waals surface area contributed by atoms with E-state index in [0.29, 0.717) is 0 Å². The van der Waals surface area contributed by atoms with Crippen molar-refractivity contribution in [2.45, 2.75) is 82.7 Å². The standard InChI is InChI=1S/C16H28O3Si/c1-15(2,3)20(4,5)19-16(11-7-6-8-12-16)13-9-10-14(17)18-13/h9-10,13H,6-8,11-12H2,1-5H3. The Morgan fingerprint density at radius 1 is 1.25 bits per heavy atom. The van der Waals surface area contributed by atoms with Gasteiger partial charge in [0.15, 0.2) is 8.32 Å². The number of carbonyl (C=O) groups is 1. The van der Waals surface area contributed by atoms with Crippen LogP contribution < -0.4 is 0 Å². The molecule has 1 fully saturated rings. The highest BCUT2D eigenvalue weighted by atomic mass is 28.4. The van der Waals surface area contributed by atoms with Crippen LogP contribution in [0.25, 0.3) is 0 Å². The molecule has 20 heavy (non-hydrogen) atoms. The molecule has 1 heterocycles. The lowest BCUT2D eigenvalue weighted by Gasteiger charge is -2.49. The Morgan fingerprint density at radius 3 is 2.30 bits per heavy atom.